The monoisotopic (exact) mass is 254 g/mol. The minimum atomic E-state index is -1.10. The summed E-state index contributed by atoms with van der Waals surface area (Å²) >= 11 is 1.49. The van der Waals surface area contributed by atoms with Crippen molar-refractivity contribution in [3.05, 3.63) is 30.3 Å². The number of thioether (sulfide) groups is 1. The van der Waals surface area contributed by atoms with Gasteiger partial charge in [-0.3, -0.25) is 4.79 Å². The van der Waals surface area contributed by atoms with Crippen LogP contribution in [0.15, 0.2) is 35.2 Å². The number of hydrogen-bond acceptors (Lipinski definition) is 4. The molecule has 1 aromatic rings. The van der Waals surface area contributed by atoms with Crippen LogP contribution in [-0.4, -0.2) is 31.5 Å². The van der Waals surface area contributed by atoms with Gasteiger partial charge in [0, 0.05) is 25.5 Å². The van der Waals surface area contributed by atoms with Gasteiger partial charge in [-0.15, -0.1) is 11.8 Å². The van der Waals surface area contributed by atoms with E-state index in [1.807, 2.05) is 37.3 Å². The highest BCUT2D eigenvalue weighted by molar-refractivity contribution is 8.00. The maximum Gasteiger partial charge on any atom is 0.229 e. The molecule has 1 rings (SSSR count). The van der Waals surface area contributed by atoms with Crippen molar-refractivity contribution >= 4 is 17.5 Å². The predicted octanol–water partition coefficient (Wildman–Crippen LogP) is 2.75. The number of ketones is 1. The van der Waals surface area contributed by atoms with Crippen LogP contribution < -0.4 is 0 Å². The lowest BCUT2D eigenvalue weighted by Gasteiger charge is -2.27. The van der Waals surface area contributed by atoms with Crippen LogP contribution in [0.2, 0.25) is 0 Å². The second-order valence-electron chi connectivity index (χ2n) is 3.54. The van der Waals surface area contributed by atoms with E-state index in [1.165, 1.54) is 26.0 Å². The average Bonchev–Trinajstić information content (AvgIpc) is 2.40. The fraction of sp³-hybridized carbons (Fsp3) is 0.462. The van der Waals surface area contributed by atoms with Crippen molar-refractivity contribution < 1.29 is 14.3 Å². The fourth-order valence-electron chi connectivity index (χ4n) is 1.57. The maximum absolute atomic E-state index is 12.1. The number of methoxy groups -OCH3 is 2. The average molecular weight is 254 g/mol. The lowest BCUT2D eigenvalue weighted by molar-refractivity contribution is -0.205. The molecule has 0 saturated carbocycles. The van der Waals surface area contributed by atoms with Crippen LogP contribution in [-0.2, 0) is 14.3 Å². The van der Waals surface area contributed by atoms with Gasteiger partial charge in [0.15, 0.2) is 0 Å². The summed E-state index contributed by atoms with van der Waals surface area (Å²) in [6, 6.07) is 9.81. The Morgan fingerprint density at radius 1 is 1.24 bits per heavy atom. The molecule has 0 amide bonds. The van der Waals surface area contributed by atoms with Crippen molar-refractivity contribution in [3.8, 4) is 0 Å². The molecule has 17 heavy (non-hydrogen) atoms. The smallest absolute Gasteiger partial charge is 0.229 e. The van der Waals surface area contributed by atoms with E-state index in [0.717, 1.165) is 4.90 Å². The molecule has 0 atom stereocenters. The summed E-state index contributed by atoms with van der Waals surface area (Å²) in [5.41, 5.74) is 0. The fourth-order valence-corrected chi connectivity index (χ4v) is 2.44. The zero-order valence-corrected chi connectivity index (χ0v) is 11.3. The topological polar surface area (TPSA) is 35.5 Å². The molecule has 0 saturated heterocycles. The van der Waals surface area contributed by atoms with E-state index < -0.39 is 5.79 Å². The molecule has 0 aliphatic rings. The van der Waals surface area contributed by atoms with Gasteiger partial charge < -0.3 is 9.47 Å². The number of ether oxygens (including phenoxy) is 2. The summed E-state index contributed by atoms with van der Waals surface area (Å²) in [6.07, 6.45) is 0.508. The number of carbonyl (C=O) groups is 1. The van der Waals surface area contributed by atoms with Gasteiger partial charge in [-0.25, -0.2) is 0 Å². The number of hydrogen-bond donors (Lipinski definition) is 0. The zero-order valence-electron chi connectivity index (χ0n) is 10.4. The number of carbonyl (C=O) groups excluding carboxylic acids is 1. The SMILES string of the molecule is CCC(OC)(OC)C(=O)CSc1ccccc1. The molecule has 0 bridgehead atoms. The molecule has 0 N–H and O–H groups in total. The largest absolute Gasteiger partial charge is 0.347 e. The molecule has 0 spiro atoms. The van der Waals surface area contributed by atoms with Crippen LogP contribution >= 0.6 is 11.8 Å². The quantitative estimate of drug-likeness (QED) is 0.553. The Balaban J connectivity index is 2.60. The molecule has 0 fully saturated rings. The van der Waals surface area contributed by atoms with E-state index in [9.17, 15) is 4.79 Å². The van der Waals surface area contributed by atoms with Crippen molar-refractivity contribution in [1.82, 2.24) is 0 Å². The summed E-state index contributed by atoms with van der Waals surface area (Å²) in [6.45, 7) is 1.87. The molecule has 94 valence electrons. The lowest BCUT2D eigenvalue weighted by Crippen LogP contribution is -2.43. The van der Waals surface area contributed by atoms with Gasteiger partial charge in [0.25, 0.3) is 0 Å². The first-order chi connectivity index (χ1) is 8.18. The van der Waals surface area contributed by atoms with Gasteiger partial charge in [0.2, 0.25) is 11.6 Å². The molecule has 0 unspecified atom stereocenters. The van der Waals surface area contributed by atoms with E-state index in [4.69, 9.17) is 9.47 Å². The Hall–Kier alpha value is -0.840. The van der Waals surface area contributed by atoms with E-state index >= 15 is 0 Å². The minimum Gasteiger partial charge on any atom is -0.347 e. The van der Waals surface area contributed by atoms with Crippen LogP contribution in [0.5, 0.6) is 0 Å². The van der Waals surface area contributed by atoms with Gasteiger partial charge in [-0.1, -0.05) is 25.1 Å². The van der Waals surface area contributed by atoms with Gasteiger partial charge >= 0.3 is 0 Å². The molecule has 0 aliphatic heterocycles. The highest BCUT2D eigenvalue weighted by Crippen LogP contribution is 2.23. The molecule has 0 heterocycles. The van der Waals surface area contributed by atoms with E-state index in [-0.39, 0.29) is 5.78 Å². The van der Waals surface area contributed by atoms with Gasteiger partial charge in [0.05, 0.1) is 5.75 Å². The van der Waals surface area contributed by atoms with Gasteiger partial charge in [0.1, 0.15) is 0 Å². The molecule has 1 aromatic carbocycles. The number of rotatable bonds is 7. The maximum atomic E-state index is 12.1. The molecule has 4 heteroatoms. The summed E-state index contributed by atoms with van der Waals surface area (Å²) in [4.78, 5) is 13.1. The highest BCUT2D eigenvalue weighted by atomic mass is 32.2. The Bertz CT molecular complexity index is 339. The van der Waals surface area contributed by atoms with Crippen LogP contribution in [0, 0.1) is 0 Å². The molecule has 3 nitrogen and oxygen atoms in total. The van der Waals surface area contributed by atoms with Crippen molar-refractivity contribution in [2.24, 2.45) is 0 Å². The molecule has 0 aromatic heterocycles. The van der Waals surface area contributed by atoms with E-state index in [2.05, 4.69) is 0 Å². The Morgan fingerprint density at radius 2 is 1.82 bits per heavy atom. The highest BCUT2D eigenvalue weighted by Gasteiger charge is 2.36. The van der Waals surface area contributed by atoms with E-state index in [0.29, 0.717) is 12.2 Å². The minimum absolute atomic E-state index is 0.0427. The van der Waals surface area contributed by atoms with Gasteiger partial charge in [-0.05, 0) is 12.1 Å². The molecule has 0 radical (unpaired) electrons. The standard InChI is InChI=1S/C13H18O3S/c1-4-13(15-2,16-3)12(14)10-17-11-8-6-5-7-9-11/h5-9H,4,10H2,1-3H3. The van der Waals surface area contributed by atoms with Crippen molar-refractivity contribution in [1.29, 1.82) is 0 Å². The zero-order chi connectivity index (χ0) is 12.7. The Morgan fingerprint density at radius 3 is 2.29 bits per heavy atom. The summed E-state index contributed by atoms with van der Waals surface area (Å²) in [5.74, 6) is -0.791. The summed E-state index contributed by atoms with van der Waals surface area (Å²) in [5, 5.41) is 0. The second-order valence-corrected chi connectivity index (χ2v) is 4.59. The van der Waals surface area contributed by atoms with Crippen molar-refractivity contribution in [2.75, 3.05) is 20.0 Å². The molecule has 0 aliphatic carbocycles. The van der Waals surface area contributed by atoms with Gasteiger partial charge in [-0.2, -0.15) is 0 Å². The molecular weight excluding hydrogens is 236 g/mol. The first-order valence-electron chi connectivity index (χ1n) is 5.50. The third-order valence-corrected chi connectivity index (χ3v) is 3.67. The Kier molecular flexibility index (Phi) is 5.68. The molecular formula is C13H18O3S. The lowest BCUT2D eigenvalue weighted by atomic mass is 10.1. The second kappa shape index (κ2) is 6.79. The van der Waals surface area contributed by atoms with Crippen LogP contribution in [0.4, 0.5) is 0 Å². The number of benzene rings is 1. The predicted molar refractivity (Wildman–Crippen MR) is 69.2 cm³/mol. The number of Topliss-reactive ketones (excluding diaryl/α,β-unsaturated/α-hetero) is 1. The summed E-state index contributed by atoms with van der Waals surface area (Å²) < 4.78 is 10.4. The van der Waals surface area contributed by atoms with Crippen molar-refractivity contribution in [3.63, 3.8) is 0 Å². The van der Waals surface area contributed by atoms with Crippen LogP contribution in [0.3, 0.4) is 0 Å². The first kappa shape index (κ1) is 14.2. The van der Waals surface area contributed by atoms with Crippen LogP contribution in [0.1, 0.15) is 13.3 Å². The Labute approximate surface area is 106 Å². The van der Waals surface area contributed by atoms with Crippen molar-refractivity contribution in [2.45, 2.75) is 24.0 Å². The normalized spacial score (nSPS) is 11.5. The third kappa shape index (κ3) is 3.56. The first-order valence-corrected chi connectivity index (χ1v) is 6.48. The van der Waals surface area contributed by atoms with E-state index in [1.54, 1.807) is 0 Å². The third-order valence-electron chi connectivity index (χ3n) is 2.66. The van der Waals surface area contributed by atoms with Crippen LogP contribution in [0.25, 0.3) is 0 Å². The summed E-state index contributed by atoms with van der Waals surface area (Å²) in [7, 11) is 3.00.